The summed E-state index contributed by atoms with van der Waals surface area (Å²) in [5, 5.41) is 4.07. The first-order valence-corrected chi connectivity index (χ1v) is 12.5. The molecule has 184 valence electrons. The van der Waals surface area contributed by atoms with Crippen LogP contribution < -0.4 is 15.0 Å². The average molecular weight is 555 g/mol. The zero-order valence-electron chi connectivity index (χ0n) is 20.2. The van der Waals surface area contributed by atoms with Gasteiger partial charge in [0.15, 0.2) is 0 Å². The van der Waals surface area contributed by atoms with Crippen LogP contribution >= 0.6 is 15.9 Å². The highest BCUT2D eigenvalue weighted by Crippen LogP contribution is 2.33. The van der Waals surface area contributed by atoms with E-state index >= 15 is 0 Å². The Bertz CT molecular complexity index is 1590. The highest BCUT2D eigenvalue weighted by Gasteiger charge is 2.37. The number of carbonyl (C=O) groups is 3. The van der Waals surface area contributed by atoms with Gasteiger partial charge >= 0.3 is 6.03 Å². The normalized spacial score (nSPS) is 14.8. The molecule has 0 saturated carbocycles. The Labute approximate surface area is 222 Å². The van der Waals surface area contributed by atoms with Crippen molar-refractivity contribution in [1.29, 1.82) is 0 Å². The molecule has 1 N–H and O–H groups in total. The zero-order chi connectivity index (χ0) is 26.1. The number of halogens is 1. The number of barbiturate groups is 1. The van der Waals surface area contributed by atoms with Gasteiger partial charge in [-0.25, -0.2) is 9.69 Å². The molecule has 4 amide bonds. The number of anilines is 1. The fourth-order valence-electron chi connectivity index (χ4n) is 4.29. The SMILES string of the molecule is Cc1cccc(N2C(=O)NC(=O)/C(=C\c3c(OCc4ccc(Br)cc4)ccc4ccccc34)C2=O)c1C. The van der Waals surface area contributed by atoms with Crippen LogP contribution in [0.3, 0.4) is 0 Å². The predicted octanol–water partition coefficient (Wildman–Crippen LogP) is 6.46. The second-order valence-electron chi connectivity index (χ2n) is 8.79. The number of hydrogen-bond acceptors (Lipinski definition) is 4. The first-order chi connectivity index (χ1) is 17.8. The van der Waals surface area contributed by atoms with Crippen molar-refractivity contribution in [3.8, 4) is 5.75 Å². The Kier molecular flexibility index (Phi) is 6.63. The van der Waals surface area contributed by atoms with E-state index in [2.05, 4.69) is 21.2 Å². The molecule has 0 radical (unpaired) electrons. The standard InChI is InChI=1S/C30H23BrN2O4/c1-18-6-5-9-26(19(18)2)33-29(35)25(28(34)32-30(33)36)16-24-23-8-4-3-7-21(23)12-15-27(24)37-17-20-10-13-22(31)14-11-20/h3-16H,17H2,1-2H3,(H,32,34,36)/b25-16+. The summed E-state index contributed by atoms with van der Waals surface area (Å²) in [6, 6.07) is 23.8. The smallest absolute Gasteiger partial charge is 0.335 e. The van der Waals surface area contributed by atoms with E-state index in [0.29, 0.717) is 23.6 Å². The number of nitrogens with zero attached hydrogens (tertiary/aromatic N) is 1. The van der Waals surface area contributed by atoms with E-state index in [4.69, 9.17) is 4.74 Å². The molecular weight excluding hydrogens is 532 g/mol. The van der Waals surface area contributed by atoms with Gasteiger partial charge in [0.2, 0.25) is 0 Å². The number of amides is 4. The molecule has 1 fully saturated rings. The molecule has 0 aromatic heterocycles. The number of imide groups is 2. The first kappa shape index (κ1) is 24.5. The Morgan fingerprint density at radius 3 is 2.43 bits per heavy atom. The lowest BCUT2D eigenvalue weighted by Gasteiger charge is -2.28. The van der Waals surface area contributed by atoms with Crippen molar-refractivity contribution in [2.24, 2.45) is 0 Å². The first-order valence-electron chi connectivity index (χ1n) is 11.7. The molecule has 7 heteroatoms. The molecule has 0 spiro atoms. The van der Waals surface area contributed by atoms with Crippen LogP contribution in [-0.2, 0) is 16.2 Å². The summed E-state index contributed by atoms with van der Waals surface area (Å²) in [5.41, 5.74) is 3.55. The van der Waals surface area contributed by atoms with Crippen molar-refractivity contribution in [2.75, 3.05) is 4.90 Å². The van der Waals surface area contributed by atoms with Gasteiger partial charge in [-0.2, -0.15) is 0 Å². The minimum Gasteiger partial charge on any atom is -0.488 e. The van der Waals surface area contributed by atoms with E-state index in [0.717, 1.165) is 36.8 Å². The fraction of sp³-hybridized carbons (Fsp3) is 0.100. The molecule has 1 aliphatic rings. The quantitative estimate of drug-likeness (QED) is 0.227. The van der Waals surface area contributed by atoms with Crippen LogP contribution in [0.4, 0.5) is 10.5 Å². The number of aryl methyl sites for hydroxylation is 1. The number of urea groups is 1. The van der Waals surface area contributed by atoms with Crippen LogP contribution in [0.25, 0.3) is 16.8 Å². The van der Waals surface area contributed by atoms with Gasteiger partial charge in [-0.05, 0) is 71.7 Å². The number of hydrogen-bond donors (Lipinski definition) is 1. The van der Waals surface area contributed by atoms with Gasteiger partial charge in [0.05, 0.1) is 5.69 Å². The predicted molar refractivity (Wildman–Crippen MR) is 147 cm³/mol. The third-order valence-corrected chi connectivity index (χ3v) is 6.97. The molecule has 6 nitrogen and oxygen atoms in total. The number of fused-ring (bicyclic) bond motifs is 1. The highest BCUT2D eigenvalue weighted by atomic mass is 79.9. The van der Waals surface area contributed by atoms with Gasteiger partial charge < -0.3 is 4.74 Å². The van der Waals surface area contributed by atoms with E-state index in [1.807, 2.05) is 80.6 Å². The van der Waals surface area contributed by atoms with Gasteiger partial charge in [-0.1, -0.05) is 70.5 Å². The number of carbonyl (C=O) groups excluding carboxylic acids is 3. The average Bonchev–Trinajstić information content (AvgIpc) is 2.89. The number of ether oxygens (including phenoxy) is 1. The molecule has 0 atom stereocenters. The van der Waals surface area contributed by atoms with Crippen LogP contribution in [-0.4, -0.2) is 17.8 Å². The second-order valence-corrected chi connectivity index (χ2v) is 9.71. The van der Waals surface area contributed by atoms with Crippen molar-refractivity contribution in [1.82, 2.24) is 5.32 Å². The molecule has 0 bridgehead atoms. The van der Waals surface area contributed by atoms with Gasteiger partial charge in [0.1, 0.15) is 17.9 Å². The van der Waals surface area contributed by atoms with Crippen molar-refractivity contribution < 1.29 is 19.1 Å². The van der Waals surface area contributed by atoms with E-state index in [1.54, 1.807) is 12.1 Å². The minimum absolute atomic E-state index is 0.148. The topological polar surface area (TPSA) is 75.7 Å². The maximum absolute atomic E-state index is 13.6. The van der Waals surface area contributed by atoms with Crippen molar-refractivity contribution in [3.63, 3.8) is 0 Å². The molecule has 4 aromatic rings. The second kappa shape index (κ2) is 10.0. The molecular formula is C30H23BrN2O4. The van der Waals surface area contributed by atoms with Crippen molar-refractivity contribution in [3.05, 3.63) is 111 Å². The Morgan fingerprint density at radius 2 is 1.65 bits per heavy atom. The van der Waals surface area contributed by atoms with Gasteiger partial charge in [0.25, 0.3) is 11.8 Å². The summed E-state index contributed by atoms with van der Waals surface area (Å²) in [7, 11) is 0. The van der Waals surface area contributed by atoms with E-state index in [1.165, 1.54) is 6.08 Å². The maximum Gasteiger partial charge on any atom is 0.335 e. The molecule has 1 aliphatic heterocycles. The zero-order valence-corrected chi connectivity index (χ0v) is 21.8. The lowest BCUT2D eigenvalue weighted by Crippen LogP contribution is -2.54. The Balaban J connectivity index is 1.59. The molecule has 0 aliphatic carbocycles. The monoisotopic (exact) mass is 554 g/mol. The summed E-state index contributed by atoms with van der Waals surface area (Å²) in [6.07, 6.45) is 1.52. The van der Waals surface area contributed by atoms with Gasteiger partial charge in [-0.15, -0.1) is 0 Å². The summed E-state index contributed by atoms with van der Waals surface area (Å²) in [4.78, 5) is 40.3. The van der Waals surface area contributed by atoms with Crippen LogP contribution in [0.5, 0.6) is 5.75 Å². The van der Waals surface area contributed by atoms with Crippen LogP contribution in [0, 0.1) is 13.8 Å². The molecule has 4 aromatic carbocycles. The largest absolute Gasteiger partial charge is 0.488 e. The summed E-state index contributed by atoms with van der Waals surface area (Å²) < 4.78 is 7.14. The molecule has 5 rings (SSSR count). The minimum atomic E-state index is -0.773. The highest BCUT2D eigenvalue weighted by molar-refractivity contribution is 9.10. The Hall–Kier alpha value is -4.23. The maximum atomic E-state index is 13.6. The van der Waals surface area contributed by atoms with Crippen LogP contribution in [0.1, 0.15) is 22.3 Å². The van der Waals surface area contributed by atoms with Crippen molar-refractivity contribution >= 4 is 56.3 Å². The van der Waals surface area contributed by atoms with Crippen molar-refractivity contribution in [2.45, 2.75) is 20.5 Å². The lowest BCUT2D eigenvalue weighted by molar-refractivity contribution is -0.122. The van der Waals surface area contributed by atoms with Crippen LogP contribution in [0.2, 0.25) is 0 Å². The molecule has 1 saturated heterocycles. The summed E-state index contributed by atoms with van der Waals surface area (Å²) in [6.45, 7) is 4.04. The molecule has 0 unspecified atom stereocenters. The van der Waals surface area contributed by atoms with E-state index in [-0.39, 0.29) is 5.57 Å². The lowest BCUT2D eigenvalue weighted by atomic mass is 9.99. The van der Waals surface area contributed by atoms with Crippen LogP contribution in [0.15, 0.2) is 88.9 Å². The fourth-order valence-corrected chi connectivity index (χ4v) is 4.55. The van der Waals surface area contributed by atoms with E-state index in [9.17, 15) is 14.4 Å². The Morgan fingerprint density at radius 1 is 0.892 bits per heavy atom. The number of rotatable bonds is 5. The number of benzene rings is 4. The van der Waals surface area contributed by atoms with E-state index < -0.39 is 17.8 Å². The third-order valence-electron chi connectivity index (χ3n) is 6.45. The summed E-state index contributed by atoms with van der Waals surface area (Å²) >= 11 is 3.43. The third kappa shape index (κ3) is 4.78. The number of nitrogens with one attached hydrogen (secondary N) is 1. The molecule has 1 heterocycles. The molecule has 37 heavy (non-hydrogen) atoms. The van der Waals surface area contributed by atoms with Gasteiger partial charge in [0, 0.05) is 10.0 Å². The van der Waals surface area contributed by atoms with Gasteiger partial charge in [-0.3, -0.25) is 14.9 Å². The summed E-state index contributed by atoms with van der Waals surface area (Å²) in [5.74, 6) is -0.914.